The van der Waals surface area contributed by atoms with E-state index in [4.69, 9.17) is 16.9 Å². The molecule has 0 N–H and O–H groups in total. The monoisotopic (exact) mass is 208 g/mol. The molecule has 0 atom stereocenters. The molecular formula is C11H13ClN2. The van der Waals surface area contributed by atoms with Crippen molar-refractivity contribution in [3.63, 3.8) is 0 Å². The molecule has 0 saturated carbocycles. The van der Waals surface area contributed by atoms with Crippen molar-refractivity contribution >= 4 is 17.3 Å². The van der Waals surface area contributed by atoms with Crippen molar-refractivity contribution in [2.75, 3.05) is 23.9 Å². The highest BCUT2D eigenvalue weighted by Crippen LogP contribution is 2.13. The van der Waals surface area contributed by atoms with Crippen molar-refractivity contribution in [3.8, 4) is 6.07 Å². The number of benzene rings is 1. The van der Waals surface area contributed by atoms with Crippen LogP contribution >= 0.6 is 11.6 Å². The second-order valence-electron chi connectivity index (χ2n) is 2.92. The molecule has 0 bridgehead atoms. The SMILES string of the molecule is N#CCCN(CCCl)c1ccccc1. The van der Waals surface area contributed by atoms with Crippen molar-refractivity contribution in [2.45, 2.75) is 6.42 Å². The summed E-state index contributed by atoms with van der Waals surface area (Å²) in [5, 5.41) is 8.52. The van der Waals surface area contributed by atoms with Crippen molar-refractivity contribution in [1.82, 2.24) is 0 Å². The second-order valence-corrected chi connectivity index (χ2v) is 3.30. The van der Waals surface area contributed by atoms with Gasteiger partial charge in [0.1, 0.15) is 0 Å². The normalized spacial score (nSPS) is 9.43. The number of hydrogen-bond acceptors (Lipinski definition) is 2. The van der Waals surface area contributed by atoms with Gasteiger partial charge >= 0.3 is 0 Å². The van der Waals surface area contributed by atoms with Crippen LogP contribution in [0.3, 0.4) is 0 Å². The average molecular weight is 209 g/mol. The molecule has 0 saturated heterocycles. The number of rotatable bonds is 5. The summed E-state index contributed by atoms with van der Waals surface area (Å²) in [6.07, 6.45) is 0.534. The topological polar surface area (TPSA) is 27.0 Å². The van der Waals surface area contributed by atoms with E-state index in [1.807, 2.05) is 30.3 Å². The van der Waals surface area contributed by atoms with Crippen LogP contribution in [0.4, 0.5) is 5.69 Å². The van der Waals surface area contributed by atoms with Gasteiger partial charge in [-0.2, -0.15) is 5.26 Å². The van der Waals surface area contributed by atoms with E-state index < -0.39 is 0 Å². The number of para-hydroxylation sites is 1. The summed E-state index contributed by atoms with van der Waals surface area (Å²) in [5.41, 5.74) is 1.13. The van der Waals surface area contributed by atoms with Gasteiger partial charge in [-0.15, -0.1) is 11.6 Å². The van der Waals surface area contributed by atoms with Crippen molar-refractivity contribution in [1.29, 1.82) is 5.26 Å². The van der Waals surface area contributed by atoms with Crippen LogP contribution in [0.5, 0.6) is 0 Å². The van der Waals surface area contributed by atoms with Crippen LogP contribution in [-0.2, 0) is 0 Å². The fourth-order valence-corrected chi connectivity index (χ4v) is 1.50. The van der Waals surface area contributed by atoms with Gasteiger partial charge in [0, 0.05) is 24.7 Å². The molecule has 0 aliphatic carbocycles. The summed E-state index contributed by atoms with van der Waals surface area (Å²) in [5.74, 6) is 0.584. The van der Waals surface area contributed by atoms with Gasteiger partial charge in [0.05, 0.1) is 12.5 Å². The standard InChI is InChI=1S/C11H13ClN2/c12-7-10-14(9-4-8-13)11-5-2-1-3-6-11/h1-3,5-6H,4,7,9-10H2. The van der Waals surface area contributed by atoms with Crippen LogP contribution in [0.15, 0.2) is 30.3 Å². The van der Waals surface area contributed by atoms with Crippen molar-refractivity contribution in [2.24, 2.45) is 0 Å². The smallest absolute Gasteiger partial charge is 0.0640 e. The predicted octanol–water partition coefficient (Wildman–Crippen LogP) is 2.65. The third-order valence-electron chi connectivity index (χ3n) is 1.97. The quantitative estimate of drug-likeness (QED) is 0.696. The lowest BCUT2D eigenvalue weighted by molar-refractivity contribution is 0.830. The van der Waals surface area contributed by atoms with Crippen LogP contribution in [0.1, 0.15) is 6.42 Å². The molecule has 74 valence electrons. The van der Waals surface area contributed by atoms with Gasteiger partial charge in [0.2, 0.25) is 0 Å². The highest BCUT2D eigenvalue weighted by molar-refractivity contribution is 6.18. The largest absolute Gasteiger partial charge is 0.369 e. The van der Waals surface area contributed by atoms with Gasteiger partial charge in [0.25, 0.3) is 0 Å². The molecule has 0 amide bonds. The third-order valence-corrected chi connectivity index (χ3v) is 2.14. The summed E-state index contributed by atoms with van der Waals surface area (Å²) >= 11 is 5.70. The summed E-state index contributed by atoms with van der Waals surface area (Å²) in [4.78, 5) is 2.12. The Bertz CT molecular complexity index is 292. The number of hydrogen-bond donors (Lipinski definition) is 0. The summed E-state index contributed by atoms with van der Waals surface area (Å²) in [7, 11) is 0. The van der Waals surface area contributed by atoms with Gasteiger partial charge in [-0.1, -0.05) is 18.2 Å². The second kappa shape index (κ2) is 6.28. The lowest BCUT2D eigenvalue weighted by Gasteiger charge is -2.22. The van der Waals surface area contributed by atoms with Gasteiger partial charge in [-0.05, 0) is 12.1 Å². The number of anilines is 1. The van der Waals surface area contributed by atoms with Crippen LogP contribution in [0, 0.1) is 11.3 Å². The maximum Gasteiger partial charge on any atom is 0.0640 e. The first-order chi connectivity index (χ1) is 6.88. The molecule has 0 fully saturated rings. The summed E-state index contributed by atoms with van der Waals surface area (Å²) in [6, 6.07) is 12.2. The van der Waals surface area contributed by atoms with E-state index in [1.165, 1.54) is 0 Å². The van der Waals surface area contributed by atoms with Crippen molar-refractivity contribution < 1.29 is 0 Å². The molecular weight excluding hydrogens is 196 g/mol. The molecule has 0 unspecified atom stereocenters. The Morgan fingerprint density at radius 2 is 1.93 bits per heavy atom. The Morgan fingerprint density at radius 3 is 2.50 bits per heavy atom. The molecule has 0 radical (unpaired) electrons. The van der Waals surface area contributed by atoms with Gasteiger partial charge in [-0.25, -0.2) is 0 Å². The zero-order chi connectivity index (χ0) is 10.2. The molecule has 1 aromatic rings. The molecule has 3 heteroatoms. The van der Waals surface area contributed by atoms with Crippen LogP contribution in [-0.4, -0.2) is 19.0 Å². The van der Waals surface area contributed by atoms with Crippen LogP contribution < -0.4 is 4.90 Å². The van der Waals surface area contributed by atoms with E-state index in [0.29, 0.717) is 12.3 Å². The van der Waals surface area contributed by atoms with E-state index >= 15 is 0 Å². The Hall–Kier alpha value is -1.20. The van der Waals surface area contributed by atoms with E-state index in [1.54, 1.807) is 0 Å². The Morgan fingerprint density at radius 1 is 1.21 bits per heavy atom. The number of nitriles is 1. The minimum Gasteiger partial charge on any atom is -0.369 e. The first kappa shape index (κ1) is 10.9. The van der Waals surface area contributed by atoms with E-state index in [-0.39, 0.29) is 0 Å². The zero-order valence-electron chi connectivity index (χ0n) is 7.99. The lowest BCUT2D eigenvalue weighted by atomic mass is 10.2. The van der Waals surface area contributed by atoms with Gasteiger partial charge in [-0.3, -0.25) is 0 Å². The first-order valence-electron chi connectivity index (χ1n) is 4.61. The fraction of sp³-hybridized carbons (Fsp3) is 0.364. The number of halogens is 1. The lowest BCUT2D eigenvalue weighted by Crippen LogP contribution is -2.26. The predicted molar refractivity (Wildman–Crippen MR) is 59.6 cm³/mol. The molecule has 0 aromatic heterocycles. The fourth-order valence-electron chi connectivity index (χ4n) is 1.30. The Balaban J connectivity index is 2.63. The van der Waals surface area contributed by atoms with Crippen LogP contribution in [0.2, 0.25) is 0 Å². The van der Waals surface area contributed by atoms with Gasteiger partial charge < -0.3 is 4.90 Å². The highest BCUT2D eigenvalue weighted by atomic mass is 35.5. The highest BCUT2D eigenvalue weighted by Gasteiger charge is 2.03. The average Bonchev–Trinajstić information content (AvgIpc) is 2.25. The minimum absolute atomic E-state index is 0.534. The molecule has 1 aromatic carbocycles. The van der Waals surface area contributed by atoms with Gasteiger partial charge in [0.15, 0.2) is 0 Å². The zero-order valence-corrected chi connectivity index (χ0v) is 8.74. The van der Waals surface area contributed by atoms with E-state index in [0.717, 1.165) is 18.8 Å². The maximum atomic E-state index is 8.52. The van der Waals surface area contributed by atoms with E-state index in [9.17, 15) is 0 Å². The molecule has 1 rings (SSSR count). The summed E-state index contributed by atoms with van der Waals surface area (Å²) in [6.45, 7) is 1.53. The van der Waals surface area contributed by atoms with E-state index in [2.05, 4.69) is 11.0 Å². The minimum atomic E-state index is 0.534. The molecule has 0 aliphatic heterocycles. The number of nitrogens with zero attached hydrogens (tertiary/aromatic N) is 2. The Kier molecular flexibility index (Phi) is 4.88. The summed E-state index contributed by atoms with van der Waals surface area (Å²) < 4.78 is 0. The Labute approximate surface area is 89.7 Å². The maximum absolute atomic E-state index is 8.52. The molecule has 14 heavy (non-hydrogen) atoms. The molecule has 2 nitrogen and oxygen atoms in total. The van der Waals surface area contributed by atoms with Crippen LogP contribution in [0.25, 0.3) is 0 Å². The third kappa shape index (κ3) is 3.27. The van der Waals surface area contributed by atoms with Crippen molar-refractivity contribution in [3.05, 3.63) is 30.3 Å². The molecule has 0 aliphatic rings. The molecule has 0 heterocycles. The molecule has 0 spiro atoms. The first-order valence-corrected chi connectivity index (χ1v) is 5.15. The number of alkyl halides is 1.